The van der Waals surface area contributed by atoms with Crippen molar-refractivity contribution < 1.29 is 4.79 Å². The van der Waals surface area contributed by atoms with Crippen molar-refractivity contribution in [3.63, 3.8) is 0 Å². The Bertz CT molecular complexity index is 1120. The van der Waals surface area contributed by atoms with Crippen molar-refractivity contribution in [2.45, 2.75) is 39.2 Å². The van der Waals surface area contributed by atoms with E-state index in [-0.39, 0.29) is 5.91 Å². The van der Waals surface area contributed by atoms with Gasteiger partial charge in [-0.1, -0.05) is 73.6 Å². The van der Waals surface area contributed by atoms with E-state index in [9.17, 15) is 4.79 Å². The van der Waals surface area contributed by atoms with Crippen LogP contribution >= 0.6 is 11.3 Å². The summed E-state index contributed by atoms with van der Waals surface area (Å²) in [4.78, 5) is 13.0. The summed E-state index contributed by atoms with van der Waals surface area (Å²) in [6.45, 7) is 2.89. The first-order valence-electron chi connectivity index (χ1n) is 10.5. The molecule has 158 valence electrons. The minimum Gasteiger partial charge on any atom is -0.296 e. The second-order valence-corrected chi connectivity index (χ2v) is 8.42. The molecule has 0 radical (unpaired) electrons. The number of benzene rings is 2. The summed E-state index contributed by atoms with van der Waals surface area (Å²) in [7, 11) is 0. The molecule has 0 saturated heterocycles. The number of nitrogens with one attached hydrogen (secondary N) is 1. The smallest absolute Gasteiger partial charge is 0.258 e. The molecule has 0 unspecified atom stereocenters. The Morgan fingerprint density at radius 3 is 2.65 bits per heavy atom. The predicted molar refractivity (Wildman–Crippen MR) is 124 cm³/mol. The molecule has 4 aromatic rings. The van der Waals surface area contributed by atoms with Crippen LogP contribution in [0.25, 0.3) is 11.1 Å². The first-order chi connectivity index (χ1) is 15.2. The molecular formula is C24H25N5OS. The number of carbonyl (C=O) groups excluding carboxylic acids is 1. The molecule has 0 fully saturated rings. The van der Waals surface area contributed by atoms with Crippen LogP contribution in [0.4, 0.5) is 5.13 Å². The van der Waals surface area contributed by atoms with Crippen molar-refractivity contribution in [1.82, 2.24) is 20.0 Å². The summed E-state index contributed by atoms with van der Waals surface area (Å²) in [5.74, 6) is -0.174. The molecule has 0 bridgehead atoms. The van der Waals surface area contributed by atoms with Crippen molar-refractivity contribution in [2.24, 2.45) is 0 Å². The Hall–Kier alpha value is -3.32. The van der Waals surface area contributed by atoms with E-state index < -0.39 is 0 Å². The Balaban J connectivity index is 1.47. The summed E-state index contributed by atoms with van der Waals surface area (Å²) >= 11 is 1.45. The molecule has 0 spiro atoms. The zero-order valence-corrected chi connectivity index (χ0v) is 18.3. The van der Waals surface area contributed by atoms with Crippen LogP contribution in [0.15, 0.2) is 67.0 Å². The lowest BCUT2D eigenvalue weighted by molar-refractivity contribution is 0.102. The van der Waals surface area contributed by atoms with Gasteiger partial charge < -0.3 is 0 Å². The third-order valence-corrected chi connectivity index (χ3v) is 5.92. The lowest BCUT2D eigenvalue weighted by atomic mass is 9.98. The van der Waals surface area contributed by atoms with Gasteiger partial charge in [0.15, 0.2) is 0 Å². The van der Waals surface area contributed by atoms with E-state index in [2.05, 4.69) is 39.7 Å². The first-order valence-corrected chi connectivity index (χ1v) is 11.3. The van der Waals surface area contributed by atoms with E-state index in [1.807, 2.05) is 53.3 Å². The Morgan fingerprint density at radius 2 is 1.87 bits per heavy atom. The Kier molecular flexibility index (Phi) is 6.84. The molecule has 0 aliphatic carbocycles. The largest absolute Gasteiger partial charge is 0.296 e. The molecule has 1 N–H and O–H groups in total. The van der Waals surface area contributed by atoms with Crippen LogP contribution in [0.2, 0.25) is 0 Å². The van der Waals surface area contributed by atoms with Gasteiger partial charge in [0.05, 0.1) is 6.54 Å². The van der Waals surface area contributed by atoms with E-state index in [4.69, 9.17) is 0 Å². The van der Waals surface area contributed by atoms with E-state index >= 15 is 0 Å². The van der Waals surface area contributed by atoms with Crippen LogP contribution < -0.4 is 5.32 Å². The maximum absolute atomic E-state index is 13.0. The average Bonchev–Trinajstić information content (AvgIpc) is 3.47. The molecule has 0 atom stereocenters. The third-order valence-electron chi connectivity index (χ3n) is 5.02. The predicted octanol–water partition coefficient (Wildman–Crippen LogP) is 5.43. The van der Waals surface area contributed by atoms with Gasteiger partial charge in [0, 0.05) is 24.4 Å². The lowest BCUT2D eigenvalue weighted by Crippen LogP contribution is -2.13. The number of hydrogen-bond donors (Lipinski definition) is 1. The maximum atomic E-state index is 13.0. The van der Waals surface area contributed by atoms with Gasteiger partial charge in [0.1, 0.15) is 5.01 Å². The number of aromatic nitrogens is 4. The zero-order chi connectivity index (χ0) is 21.5. The van der Waals surface area contributed by atoms with Crippen LogP contribution in [0.3, 0.4) is 0 Å². The third kappa shape index (κ3) is 5.44. The van der Waals surface area contributed by atoms with Crippen molar-refractivity contribution in [3.05, 3.63) is 83.1 Å². The van der Waals surface area contributed by atoms with E-state index in [1.165, 1.54) is 24.2 Å². The highest BCUT2D eigenvalue weighted by atomic mass is 32.1. The maximum Gasteiger partial charge on any atom is 0.258 e. The lowest BCUT2D eigenvalue weighted by Gasteiger charge is -2.10. The van der Waals surface area contributed by atoms with Crippen LogP contribution in [0.5, 0.6) is 0 Å². The van der Waals surface area contributed by atoms with E-state index in [1.54, 1.807) is 6.20 Å². The van der Waals surface area contributed by atoms with Crippen LogP contribution in [-0.4, -0.2) is 25.9 Å². The molecule has 6 nitrogen and oxygen atoms in total. The monoisotopic (exact) mass is 431 g/mol. The summed E-state index contributed by atoms with van der Waals surface area (Å²) in [6, 6.07) is 17.8. The van der Waals surface area contributed by atoms with Gasteiger partial charge in [-0.05, 0) is 35.2 Å². The highest BCUT2D eigenvalue weighted by Gasteiger charge is 2.15. The topological polar surface area (TPSA) is 72.7 Å². The number of aryl methyl sites for hydroxylation is 1. The fourth-order valence-corrected chi connectivity index (χ4v) is 4.18. The Labute approximate surface area is 186 Å². The van der Waals surface area contributed by atoms with Gasteiger partial charge in [0.25, 0.3) is 5.91 Å². The SMILES string of the molecule is CCCCCc1nnc(NC(=O)c2ccccc2-c2ccc(Cn3cccn3)cc2)s1. The number of anilines is 1. The second-order valence-electron chi connectivity index (χ2n) is 7.36. The second kappa shape index (κ2) is 10.1. The normalized spacial score (nSPS) is 10.9. The molecule has 31 heavy (non-hydrogen) atoms. The molecule has 0 saturated carbocycles. The van der Waals surface area contributed by atoms with Crippen LogP contribution in [0.1, 0.15) is 47.1 Å². The minimum absolute atomic E-state index is 0.174. The minimum atomic E-state index is -0.174. The van der Waals surface area contributed by atoms with Gasteiger partial charge >= 0.3 is 0 Å². The first kappa shape index (κ1) is 20.9. The average molecular weight is 432 g/mol. The highest BCUT2D eigenvalue weighted by Crippen LogP contribution is 2.26. The van der Waals surface area contributed by atoms with Crippen LogP contribution in [-0.2, 0) is 13.0 Å². The summed E-state index contributed by atoms with van der Waals surface area (Å²) in [6.07, 6.45) is 8.06. The van der Waals surface area contributed by atoms with Gasteiger partial charge in [-0.15, -0.1) is 10.2 Å². The van der Waals surface area contributed by atoms with Gasteiger partial charge in [-0.25, -0.2) is 0 Å². The van der Waals surface area contributed by atoms with Crippen molar-refractivity contribution >= 4 is 22.4 Å². The summed E-state index contributed by atoms with van der Waals surface area (Å²) in [5, 5.41) is 17.0. The number of amides is 1. The van der Waals surface area contributed by atoms with E-state index in [0.29, 0.717) is 17.2 Å². The van der Waals surface area contributed by atoms with Gasteiger partial charge in [-0.3, -0.25) is 14.8 Å². The van der Waals surface area contributed by atoms with Crippen LogP contribution in [0, 0.1) is 0 Å². The Morgan fingerprint density at radius 1 is 1.03 bits per heavy atom. The molecule has 0 aliphatic heterocycles. The molecule has 2 heterocycles. The van der Waals surface area contributed by atoms with Gasteiger partial charge in [-0.2, -0.15) is 5.10 Å². The molecule has 4 rings (SSSR count). The molecule has 0 aliphatic rings. The number of carbonyl (C=O) groups is 1. The molecule has 1 amide bonds. The quantitative estimate of drug-likeness (QED) is 0.358. The van der Waals surface area contributed by atoms with Gasteiger partial charge in [0.2, 0.25) is 5.13 Å². The van der Waals surface area contributed by atoms with Crippen molar-refractivity contribution in [2.75, 3.05) is 5.32 Å². The molecular weight excluding hydrogens is 406 g/mol. The molecule has 7 heteroatoms. The summed E-state index contributed by atoms with van der Waals surface area (Å²) < 4.78 is 1.88. The number of nitrogens with zero attached hydrogens (tertiary/aromatic N) is 4. The highest BCUT2D eigenvalue weighted by molar-refractivity contribution is 7.15. The number of rotatable bonds is 9. The fourth-order valence-electron chi connectivity index (χ4n) is 3.40. The zero-order valence-electron chi connectivity index (χ0n) is 17.5. The number of hydrogen-bond acceptors (Lipinski definition) is 5. The fraction of sp³-hybridized carbons (Fsp3) is 0.250. The molecule has 2 aromatic carbocycles. The van der Waals surface area contributed by atoms with E-state index in [0.717, 1.165) is 34.5 Å². The number of unbranched alkanes of at least 4 members (excludes halogenated alkanes) is 2. The molecule has 2 aromatic heterocycles. The standard InChI is InChI=1S/C24H25N5OS/c1-2-3-4-10-22-27-28-24(31-22)26-23(30)21-9-6-5-8-20(21)19-13-11-18(12-14-19)17-29-16-7-15-25-29/h5-9,11-16H,2-4,10,17H2,1H3,(H,26,28,30). The van der Waals surface area contributed by atoms with Crippen molar-refractivity contribution in [3.8, 4) is 11.1 Å². The van der Waals surface area contributed by atoms with Crippen molar-refractivity contribution in [1.29, 1.82) is 0 Å². The summed E-state index contributed by atoms with van der Waals surface area (Å²) in [5.41, 5.74) is 3.65.